The molecule has 1 aromatic heterocycles. The SMILES string of the molecule is Cc1ccc(S(=O)(=O)NCc2ccc(C=Nc3ccc(C)c(Cl)c3)o2)cc1. The lowest BCUT2D eigenvalue weighted by atomic mass is 10.2. The molecule has 1 N–H and O–H groups in total. The number of benzene rings is 2. The Bertz CT molecular complexity index is 1070. The van der Waals surface area contributed by atoms with Gasteiger partial charge >= 0.3 is 0 Å². The predicted molar refractivity (Wildman–Crippen MR) is 107 cm³/mol. The highest BCUT2D eigenvalue weighted by atomic mass is 35.5. The van der Waals surface area contributed by atoms with E-state index in [1.165, 1.54) is 0 Å². The molecule has 140 valence electrons. The summed E-state index contributed by atoms with van der Waals surface area (Å²) >= 11 is 6.08. The van der Waals surface area contributed by atoms with Gasteiger partial charge in [-0.05, 0) is 55.8 Å². The van der Waals surface area contributed by atoms with Gasteiger partial charge in [0.15, 0.2) is 0 Å². The molecule has 5 nitrogen and oxygen atoms in total. The van der Waals surface area contributed by atoms with Crippen molar-refractivity contribution in [1.29, 1.82) is 0 Å². The van der Waals surface area contributed by atoms with Gasteiger partial charge in [-0.25, -0.2) is 13.1 Å². The first kappa shape index (κ1) is 19.4. The molecule has 3 rings (SSSR count). The first-order valence-electron chi connectivity index (χ1n) is 8.29. The zero-order valence-corrected chi connectivity index (χ0v) is 16.5. The zero-order valence-electron chi connectivity index (χ0n) is 14.9. The number of hydrogen-bond acceptors (Lipinski definition) is 4. The number of rotatable bonds is 6. The van der Waals surface area contributed by atoms with Crippen LogP contribution < -0.4 is 4.72 Å². The fourth-order valence-electron chi connectivity index (χ4n) is 2.33. The molecule has 0 saturated heterocycles. The van der Waals surface area contributed by atoms with Crippen LogP contribution in [-0.2, 0) is 16.6 Å². The molecule has 0 bridgehead atoms. The number of aliphatic imine (C=N–C) groups is 1. The molecule has 0 unspecified atom stereocenters. The second-order valence-corrected chi connectivity index (χ2v) is 8.31. The summed E-state index contributed by atoms with van der Waals surface area (Å²) in [5, 5.41) is 0.648. The van der Waals surface area contributed by atoms with E-state index in [1.807, 2.05) is 26.0 Å². The number of halogens is 1. The molecule has 0 amide bonds. The predicted octanol–water partition coefficient (Wildman–Crippen LogP) is 4.78. The Morgan fingerprint density at radius 1 is 1.07 bits per heavy atom. The van der Waals surface area contributed by atoms with Gasteiger partial charge in [0.25, 0.3) is 0 Å². The number of aryl methyl sites for hydroxylation is 2. The van der Waals surface area contributed by atoms with Crippen LogP contribution in [0.25, 0.3) is 0 Å². The van der Waals surface area contributed by atoms with E-state index in [1.54, 1.807) is 48.7 Å². The summed E-state index contributed by atoms with van der Waals surface area (Å²) in [5.74, 6) is 1.02. The summed E-state index contributed by atoms with van der Waals surface area (Å²) in [7, 11) is -3.59. The van der Waals surface area contributed by atoms with E-state index in [0.717, 1.165) is 11.1 Å². The van der Waals surface area contributed by atoms with Crippen LogP contribution >= 0.6 is 11.6 Å². The Hall–Kier alpha value is -2.41. The van der Waals surface area contributed by atoms with Gasteiger partial charge in [-0.3, -0.25) is 4.99 Å². The Balaban J connectivity index is 1.64. The van der Waals surface area contributed by atoms with Gasteiger partial charge in [-0.2, -0.15) is 0 Å². The Kier molecular flexibility index (Phi) is 5.79. The topological polar surface area (TPSA) is 71.7 Å². The molecule has 0 atom stereocenters. The van der Waals surface area contributed by atoms with Crippen molar-refractivity contribution in [3.8, 4) is 0 Å². The zero-order chi connectivity index (χ0) is 19.4. The van der Waals surface area contributed by atoms with Gasteiger partial charge in [0, 0.05) is 5.02 Å². The largest absolute Gasteiger partial charge is 0.459 e. The molecule has 0 spiro atoms. The van der Waals surface area contributed by atoms with Crippen LogP contribution in [-0.4, -0.2) is 14.6 Å². The van der Waals surface area contributed by atoms with Gasteiger partial charge in [-0.15, -0.1) is 0 Å². The van der Waals surface area contributed by atoms with E-state index in [-0.39, 0.29) is 11.4 Å². The second-order valence-electron chi connectivity index (χ2n) is 6.13. The smallest absolute Gasteiger partial charge is 0.240 e. The van der Waals surface area contributed by atoms with Gasteiger partial charge < -0.3 is 4.42 Å². The number of hydrogen-bond donors (Lipinski definition) is 1. The highest BCUT2D eigenvalue weighted by Gasteiger charge is 2.14. The lowest BCUT2D eigenvalue weighted by Gasteiger charge is -2.05. The molecule has 0 aliphatic rings. The maximum atomic E-state index is 12.3. The second kappa shape index (κ2) is 8.08. The summed E-state index contributed by atoms with van der Waals surface area (Å²) < 4.78 is 32.7. The summed E-state index contributed by atoms with van der Waals surface area (Å²) in [6.45, 7) is 3.88. The molecule has 0 radical (unpaired) electrons. The molecular weight excluding hydrogens is 384 g/mol. The van der Waals surface area contributed by atoms with Gasteiger partial charge in [-0.1, -0.05) is 35.4 Å². The first-order valence-corrected chi connectivity index (χ1v) is 10.1. The van der Waals surface area contributed by atoms with E-state index in [4.69, 9.17) is 16.0 Å². The van der Waals surface area contributed by atoms with E-state index < -0.39 is 10.0 Å². The molecule has 0 fully saturated rings. The first-order chi connectivity index (χ1) is 12.8. The van der Waals surface area contributed by atoms with Crippen molar-refractivity contribution in [3.05, 3.63) is 82.3 Å². The standard InChI is InChI=1S/C20H19ClN2O3S/c1-14-3-9-19(10-4-14)27(24,25)23-13-18-8-7-17(26-18)12-22-16-6-5-15(2)20(21)11-16/h3-12,23H,13H2,1-2H3. The third kappa shape index (κ3) is 5.07. The molecule has 0 saturated carbocycles. The highest BCUT2D eigenvalue weighted by Crippen LogP contribution is 2.22. The van der Waals surface area contributed by atoms with Crippen LogP contribution in [0, 0.1) is 13.8 Å². The minimum absolute atomic E-state index is 0.0560. The quantitative estimate of drug-likeness (QED) is 0.603. The monoisotopic (exact) mass is 402 g/mol. The lowest BCUT2D eigenvalue weighted by molar-refractivity contribution is 0.494. The van der Waals surface area contributed by atoms with Crippen LogP contribution in [0.15, 0.2) is 68.9 Å². The fourth-order valence-corrected chi connectivity index (χ4v) is 3.49. The molecule has 1 heterocycles. The van der Waals surface area contributed by atoms with Crippen LogP contribution in [0.1, 0.15) is 22.6 Å². The van der Waals surface area contributed by atoms with Crippen LogP contribution in [0.5, 0.6) is 0 Å². The summed E-state index contributed by atoms with van der Waals surface area (Å²) in [6.07, 6.45) is 1.57. The van der Waals surface area contributed by atoms with E-state index >= 15 is 0 Å². The molecular formula is C20H19ClN2O3S. The maximum Gasteiger partial charge on any atom is 0.240 e. The average Bonchev–Trinajstić information content (AvgIpc) is 3.09. The Morgan fingerprint density at radius 3 is 2.52 bits per heavy atom. The summed E-state index contributed by atoms with van der Waals surface area (Å²) in [6, 6.07) is 15.6. The van der Waals surface area contributed by atoms with Crippen molar-refractivity contribution in [2.75, 3.05) is 0 Å². The minimum atomic E-state index is -3.59. The van der Waals surface area contributed by atoms with Crippen molar-refractivity contribution in [3.63, 3.8) is 0 Å². The molecule has 3 aromatic rings. The maximum absolute atomic E-state index is 12.3. The van der Waals surface area contributed by atoms with Crippen molar-refractivity contribution < 1.29 is 12.8 Å². The number of nitrogens with one attached hydrogen (secondary N) is 1. The van der Waals surface area contributed by atoms with Crippen molar-refractivity contribution >= 4 is 33.5 Å². The Morgan fingerprint density at radius 2 is 1.81 bits per heavy atom. The number of furan rings is 1. The van der Waals surface area contributed by atoms with Gasteiger partial charge in [0.05, 0.1) is 23.3 Å². The Labute approximate surface area is 163 Å². The highest BCUT2D eigenvalue weighted by molar-refractivity contribution is 7.89. The molecule has 0 aliphatic heterocycles. The average molecular weight is 403 g/mol. The van der Waals surface area contributed by atoms with Gasteiger partial charge in [0.1, 0.15) is 11.5 Å². The number of sulfonamides is 1. The van der Waals surface area contributed by atoms with Crippen molar-refractivity contribution in [2.24, 2.45) is 4.99 Å². The van der Waals surface area contributed by atoms with Crippen LogP contribution in [0.2, 0.25) is 5.02 Å². The molecule has 7 heteroatoms. The fraction of sp³-hybridized carbons (Fsp3) is 0.150. The molecule has 0 aliphatic carbocycles. The van der Waals surface area contributed by atoms with Crippen LogP contribution in [0.4, 0.5) is 5.69 Å². The summed E-state index contributed by atoms with van der Waals surface area (Å²) in [5.41, 5.74) is 2.69. The molecule has 27 heavy (non-hydrogen) atoms. The normalized spacial score (nSPS) is 12.0. The van der Waals surface area contributed by atoms with Gasteiger partial charge in [0.2, 0.25) is 10.0 Å². The third-order valence-corrected chi connectivity index (χ3v) is 5.77. The summed E-state index contributed by atoms with van der Waals surface area (Å²) in [4.78, 5) is 4.53. The van der Waals surface area contributed by atoms with E-state index in [9.17, 15) is 8.42 Å². The molecule has 2 aromatic carbocycles. The lowest BCUT2D eigenvalue weighted by Crippen LogP contribution is -2.22. The van der Waals surface area contributed by atoms with Crippen molar-refractivity contribution in [1.82, 2.24) is 4.72 Å². The van der Waals surface area contributed by atoms with E-state index in [0.29, 0.717) is 22.2 Å². The third-order valence-electron chi connectivity index (χ3n) is 3.95. The van der Waals surface area contributed by atoms with Crippen LogP contribution in [0.3, 0.4) is 0 Å². The van der Waals surface area contributed by atoms with E-state index in [2.05, 4.69) is 9.71 Å². The van der Waals surface area contributed by atoms with Crippen molar-refractivity contribution in [2.45, 2.75) is 25.3 Å². The minimum Gasteiger partial charge on any atom is -0.459 e. The number of nitrogens with zero attached hydrogens (tertiary/aromatic N) is 1.